The first kappa shape index (κ1) is 24.8. The normalized spacial score (nSPS) is 14.2. The number of carbonyl (C=O) groups is 2. The molecule has 1 aliphatic rings. The van der Waals surface area contributed by atoms with Gasteiger partial charge in [-0.1, -0.05) is 0 Å². The van der Waals surface area contributed by atoms with Crippen LogP contribution in [-0.2, 0) is 9.53 Å². The molecular weight excluding hydrogens is 469 g/mol. The molecule has 1 aromatic carbocycles. The number of anilines is 3. The number of rotatable bonds is 5. The third kappa shape index (κ3) is 5.83. The van der Waals surface area contributed by atoms with Crippen molar-refractivity contribution in [1.82, 2.24) is 4.98 Å². The van der Waals surface area contributed by atoms with Gasteiger partial charge in [-0.05, 0) is 63.9 Å². The molecule has 0 spiro atoms. The highest BCUT2D eigenvalue weighted by atomic mass is 19.1. The lowest BCUT2D eigenvalue weighted by atomic mass is 9.95. The Morgan fingerprint density at radius 2 is 1.94 bits per heavy atom. The van der Waals surface area contributed by atoms with Gasteiger partial charge in [0.2, 0.25) is 17.5 Å². The van der Waals surface area contributed by atoms with Crippen LogP contribution in [0, 0.1) is 23.1 Å². The number of furan rings is 1. The molecule has 4 rings (SSSR count). The summed E-state index contributed by atoms with van der Waals surface area (Å²) in [6.07, 6.45) is 1.71. The monoisotopic (exact) mass is 495 g/mol. The molecule has 188 valence electrons. The van der Waals surface area contributed by atoms with Crippen LogP contribution in [0.15, 0.2) is 45.4 Å². The third-order valence-corrected chi connectivity index (χ3v) is 5.48. The Morgan fingerprint density at radius 3 is 2.58 bits per heavy atom. The first-order valence-electron chi connectivity index (χ1n) is 11.4. The highest BCUT2D eigenvalue weighted by molar-refractivity contribution is 5.98. The van der Waals surface area contributed by atoms with Crippen LogP contribution in [0.3, 0.4) is 0 Å². The Bertz CT molecular complexity index is 1280. The number of piperidine rings is 1. The lowest BCUT2D eigenvalue weighted by Crippen LogP contribution is -2.38. The minimum Gasteiger partial charge on any atom is -0.459 e. The standard InChI is InChI=1S/C25H26FN5O5/c1-25(2,3)36-24(33)30-17-7-6-16(26)13-18(17)28-21(32)15-8-10-31(11-9-15)23-19(14-27)29-22(35-23)20-5-4-12-34-20/h4-7,12-13,15H,8-11H2,1-3H3,(H,28,32)(H,30,33). The number of oxazole rings is 1. The molecular formula is C25H26FN5O5. The number of nitrogens with zero attached hydrogens (tertiary/aromatic N) is 3. The lowest BCUT2D eigenvalue weighted by molar-refractivity contribution is -0.120. The molecule has 0 bridgehead atoms. The number of hydrogen-bond donors (Lipinski definition) is 2. The van der Waals surface area contributed by atoms with Crippen molar-refractivity contribution >= 4 is 29.3 Å². The number of nitrogens with one attached hydrogen (secondary N) is 2. The van der Waals surface area contributed by atoms with Crippen LogP contribution in [0.4, 0.5) is 26.4 Å². The van der Waals surface area contributed by atoms with Gasteiger partial charge in [-0.2, -0.15) is 10.2 Å². The van der Waals surface area contributed by atoms with Crippen LogP contribution in [0.25, 0.3) is 11.7 Å². The quantitative estimate of drug-likeness (QED) is 0.497. The molecule has 0 atom stereocenters. The van der Waals surface area contributed by atoms with Crippen LogP contribution < -0.4 is 15.5 Å². The second-order valence-electron chi connectivity index (χ2n) is 9.33. The summed E-state index contributed by atoms with van der Waals surface area (Å²) in [6, 6.07) is 9.11. The predicted octanol–water partition coefficient (Wildman–Crippen LogP) is 5.15. The van der Waals surface area contributed by atoms with Crippen LogP contribution >= 0.6 is 0 Å². The van der Waals surface area contributed by atoms with Crippen LogP contribution in [0.1, 0.15) is 39.3 Å². The zero-order valence-corrected chi connectivity index (χ0v) is 20.1. The van der Waals surface area contributed by atoms with Crippen molar-refractivity contribution in [1.29, 1.82) is 5.26 Å². The first-order valence-corrected chi connectivity index (χ1v) is 11.4. The van der Waals surface area contributed by atoms with Crippen molar-refractivity contribution < 1.29 is 27.6 Å². The van der Waals surface area contributed by atoms with E-state index in [1.807, 2.05) is 11.0 Å². The van der Waals surface area contributed by atoms with Crippen molar-refractivity contribution in [2.24, 2.45) is 5.92 Å². The van der Waals surface area contributed by atoms with E-state index in [1.165, 1.54) is 18.4 Å². The largest absolute Gasteiger partial charge is 0.459 e. The topological polar surface area (TPSA) is 134 Å². The van der Waals surface area contributed by atoms with E-state index in [2.05, 4.69) is 15.6 Å². The minimum absolute atomic E-state index is 0.137. The molecule has 2 amide bonds. The molecule has 0 aliphatic carbocycles. The number of benzene rings is 1. The van der Waals surface area contributed by atoms with E-state index in [0.717, 1.165) is 6.07 Å². The van der Waals surface area contributed by atoms with Gasteiger partial charge in [0.1, 0.15) is 17.5 Å². The number of carbonyl (C=O) groups excluding carboxylic acids is 2. The van der Waals surface area contributed by atoms with E-state index in [9.17, 15) is 19.2 Å². The van der Waals surface area contributed by atoms with E-state index in [-0.39, 0.29) is 34.8 Å². The Hall–Kier alpha value is -4.33. The number of aromatic nitrogens is 1. The molecule has 1 saturated heterocycles. The summed E-state index contributed by atoms with van der Waals surface area (Å²) in [5.74, 6) is -0.271. The molecule has 2 aromatic heterocycles. The molecule has 0 radical (unpaired) electrons. The van der Waals surface area contributed by atoms with Crippen molar-refractivity contribution in [2.75, 3.05) is 28.6 Å². The number of ether oxygens (including phenoxy) is 1. The molecule has 1 aliphatic heterocycles. The molecule has 11 heteroatoms. The van der Waals surface area contributed by atoms with Gasteiger partial charge in [0.15, 0.2) is 5.76 Å². The number of amides is 2. The van der Waals surface area contributed by atoms with Crippen molar-refractivity contribution in [3.05, 3.63) is 48.1 Å². The van der Waals surface area contributed by atoms with E-state index in [4.69, 9.17) is 13.6 Å². The summed E-state index contributed by atoms with van der Waals surface area (Å²) >= 11 is 0. The summed E-state index contributed by atoms with van der Waals surface area (Å²) in [5, 5.41) is 14.7. The van der Waals surface area contributed by atoms with Gasteiger partial charge in [-0.3, -0.25) is 10.1 Å². The predicted molar refractivity (Wildman–Crippen MR) is 129 cm³/mol. The molecule has 2 N–H and O–H groups in total. The maximum Gasteiger partial charge on any atom is 0.412 e. The van der Waals surface area contributed by atoms with Crippen LogP contribution in [-0.4, -0.2) is 35.7 Å². The second kappa shape index (κ2) is 10.1. The second-order valence-corrected chi connectivity index (χ2v) is 9.33. The van der Waals surface area contributed by atoms with Gasteiger partial charge >= 0.3 is 6.09 Å². The number of hydrogen-bond acceptors (Lipinski definition) is 8. The highest BCUT2D eigenvalue weighted by Gasteiger charge is 2.30. The average molecular weight is 496 g/mol. The zero-order valence-electron chi connectivity index (χ0n) is 20.1. The summed E-state index contributed by atoms with van der Waals surface area (Å²) < 4.78 is 30.2. The minimum atomic E-state index is -0.716. The van der Waals surface area contributed by atoms with Crippen molar-refractivity contribution in [3.8, 4) is 17.7 Å². The maximum atomic E-state index is 13.9. The van der Waals surface area contributed by atoms with Crippen LogP contribution in [0.5, 0.6) is 0 Å². The molecule has 0 unspecified atom stereocenters. The van der Waals surface area contributed by atoms with Gasteiger partial charge in [-0.25, -0.2) is 9.18 Å². The SMILES string of the molecule is CC(C)(C)OC(=O)Nc1ccc(F)cc1NC(=O)C1CCN(c2oc(-c3ccco3)nc2C#N)CC1. The summed E-state index contributed by atoms with van der Waals surface area (Å²) in [5.41, 5.74) is -0.211. The first-order chi connectivity index (χ1) is 17.1. The van der Waals surface area contributed by atoms with E-state index in [0.29, 0.717) is 37.6 Å². The molecule has 3 heterocycles. The average Bonchev–Trinajstić information content (AvgIpc) is 3.49. The summed E-state index contributed by atoms with van der Waals surface area (Å²) in [6.45, 7) is 6.07. The van der Waals surface area contributed by atoms with E-state index < -0.39 is 17.5 Å². The summed E-state index contributed by atoms with van der Waals surface area (Å²) in [4.78, 5) is 31.2. The Morgan fingerprint density at radius 1 is 1.19 bits per heavy atom. The molecule has 0 saturated carbocycles. The smallest absolute Gasteiger partial charge is 0.412 e. The molecule has 3 aromatic rings. The Labute approximate surface area is 207 Å². The Balaban J connectivity index is 1.40. The highest BCUT2D eigenvalue weighted by Crippen LogP contribution is 2.32. The lowest BCUT2D eigenvalue weighted by Gasteiger charge is -2.31. The number of halogens is 1. The van der Waals surface area contributed by atoms with E-state index in [1.54, 1.807) is 32.9 Å². The van der Waals surface area contributed by atoms with Gasteiger partial charge in [0.25, 0.3) is 5.89 Å². The van der Waals surface area contributed by atoms with Crippen molar-refractivity contribution in [3.63, 3.8) is 0 Å². The fourth-order valence-corrected chi connectivity index (χ4v) is 3.83. The zero-order chi connectivity index (χ0) is 25.9. The third-order valence-electron chi connectivity index (χ3n) is 5.48. The molecule has 10 nitrogen and oxygen atoms in total. The van der Waals surface area contributed by atoms with Gasteiger partial charge < -0.3 is 23.8 Å². The fourth-order valence-electron chi connectivity index (χ4n) is 3.83. The summed E-state index contributed by atoms with van der Waals surface area (Å²) in [7, 11) is 0. The Kier molecular flexibility index (Phi) is 6.96. The fraction of sp³-hybridized carbons (Fsp3) is 0.360. The van der Waals surface area contributed by atoms with Gasteiger partial charge in [-0.15, -0.1) is 0 Å². The number of nitriles is 1. The van der Waals surface area contributed by atoms with Gasteiger partial charge in [0, 0.05) is 19.0 Å². The van der Waals surface area contributed by atoms with Gasteiger partial charge in [0.05, 0.1) is 17.6 Å². The molecule has 36 heavy (non-hydrogen) atoms. The van der Waals surface area contributed by atoms with Crippen molar-refractivity contribution in [2.45, 2.75) is 39.2 Å². The maximum absolute atomic E-state index is 13.9. The molecule has 1 fully saturated rings. The van der Waals surface area contributed by atoms with E-state index >= 15 is 0 Å². The van der Waals surface area contributed by atoms with Crippen LogP contribution in [0.2, 0.25) is 0 Å².